The smallest absolute Gasteiger partial charge is 0.310 e. The van der Waals surface area contributed by atoms with E-state index in [1.54, 1.807) is 14.0 Å². The summed E-state index contributed by atoms with van der Waals surface area (Å²) in [5.41, 5.74) is 4.96. The zero-order valence-corrected chi connectivity index (χ0v) is 22.0. The Labute approximate surface area is 223 Å². The van der Waals surface area contributed by atoms with Gasteiger partial charge in [-0.25, -0.2) is 0 Å². The zero-order valence-electron chi connectivity index (χ0n) is 22.0. The fourth-order valence-corrected chi connectivity index (χ4v) is 3.96. The van der Waals surface area contributed by atoms with Gasteiger partial charge in [-0.15, -0.1) is 0 Å². The molecule has 0 aliphatic rings. The molecule has 8 nitrogen and oxygen atoms in total. The Kier molecular flexibility index (Phi) is 10.9. The van der Waals surface area contributed by atoms with Crippen molar-refractivity contribution in [3.05, 3.63) is 83.4 Å². The standard InChI is InChI=1S/C30H34N2O6/c1-4-37-30(35)17-23-10-13-28(36-3)27(16-23)26-12-11-25(32-21(2)33)18-24(26)19-31-15-14-29(34)38-20-22-8-6-5-7-9-22/h5-13,16,18,31H,4,14-15,17,19-20H2,1-3H3,(H,32,33). The number of benzene rings is 3. The van der Waals surface area contributed by atoms with Crippen LogP contribution in [0, 0.1) is 0 Å². The lowest BCUT2D eigenvalue weighted by Crippen LogP contribution is -2.19. The normalized spacial score (nSPS) is 10.5. The van der Waals surface area contributed by atoms with Gasteiger partial charge in [0.05, 0.1) is 26.6 Å². The number of methoxy groups -OCH3 is 1. The number of nitrogens with one attached hydrogen (secondary N) is 2. The lowest BCUT2D eigenvalue weighted by molar-refractivity contribution is -0.145. The van der Waals surface area contributed by atoms with E-state index in [9.17, 15) is 14.4 Å². The lowest BCUT2D eigenvalue weighted by Gasteiger charge is -2.17. The molecule has 0 radical (unpaired) electrons. The molecule has 0 spiro atoms. The van der Waals surface area contributed by atoms with Crippen LogP contribution in [0.25, 0.3) is 11.1 Å². The minimum atomic E-state index is -0.300. The molecular formula is C30H34N2O6. The molecule has 0 aliphatic heterocycles. The molecule has 0 saturated heterocycles. The van der Waals surface area contributed by atoms with Gasteiger partial charge in [0.2, 0.25) is 5.91 Å². The maximum Gasteiger partial charge on any atom is 0.310 e. The Morgan fingerprint density at radius 2 is 1.63 bits per heavy atom. The van der Waals surface area contributed by atoms with E-state index < -0.39 is 0 Å². The van der Waals surface area contributed by atoms with Crippen LogP contribution >= 0.6 is 0 Å². The summed E-state index contributed by atoms with van der Waals surface area (Å²) in [6.07, 6.45) is 0.361. The summed E-state index contributed by atoms with van der Waals surface area (Å²) in [6.45, 7) is 4.63. The van der Waals surface area contributed by atoms with Gasteiger partial charge in [-0.2, -0.15) is 0 Å². The topological polar surface area (TPSA) is 103 Å². The second-order valence-corrected chi connectivity index (χ2v) is 8.64. The molecule has 2 N–H and O–H groups in total. The van der Waals surface area contributed by atoms with E-state index in [0.29, 0.717) is 31.1 Å². The minimum Gasteiger partial charge on any atom is -0.496 e. The Bertz CT molecular complexity index is 1240. The third-order valence-corrected chi connectivity index (χ3v) is 5.70. The van der Waals surface area contributed by atoms with Gasteiger partial charge in [0.15, 0.2) is 0 Å². The average molecular weight is 519 g/mol. The van der Waals surface area contributed by atoms with E-state index in [0.717, 1.165) is 27.8 Å². The van der Waals surface area contributed by atoms with Crippen molar-refractivity contribution in [3.8, 4) is 16.9 Å². The molecule has 3 aromatic rings. The number of carbonyl (C=O) groups excluding carboxylic acids is 3. The third kappa shape index (κ3) is 8.74. The van der Waals surface area contributed by atoms with Gasteiger partial charge < -0.3 is 24.8 Å². The third-order valence-electron chi connectivity index (χ3n) is 5.70. The molecule has 3 rings (SSSR count). The molecule has 0 heterocycles. The van der Waals surface area contributed by atoms with E-state index >= 15 is 0 Å². The monoisotopic (exact) mass is 518 g/mol. The van der Waals surface area contributed by atoms with Crippen molar-refractivity contribution in [1.82, 2.24) is 5.32 Å². The maximum atomic E-state index is 12.2. The number of hydrogen-bond acceptors (Lipinski definition) is 7. The highest BCUT2D eigenvalue weighted by Crippen LogP contribution is 2.35. The van der Waals surface area contributed by atoms with Crippen LogP contribution in [0.1, 0.15) is 37.0 Å². The Hall–Kier alpha value is -4.17. The quantitative estimate of drug-likeness (QED) is 0.251. The van der Waals surface area contributed by atoms with Crippen LogP contribution in [-0.2, 0) is 43.4 Å². The van der Waals surface area contributed by atoms with Gasteiger partial charge in [0, 0.05) is 31.3 Å². The number of rotatable bonds is 13. The first-order valence-electron chi connectivity index (χ1n) is 12.5. The van der Waals surface area contributed by atoms with Crippen molar-refractivity contribution in [2.75, 3.05) is 25.6 Å². The molecule has 0 bridgehead atoms. The molecule has 38 heavy (non-hydrogen) atoms. The van der Waals surface area contributed by atoms with Crippen molar-refractivity contribution in [2.24, 2.45) is 0 Å². The summed E-state index contributed by atoms with van der Waals surface area (Å²) >= 11 is 0. The fraction of sp³-hybridized carbons (Fsp3) is 0.300. The largest absolute Gasteiger partial charge is 0.496 e. The highest BCUT2D eigenvalue weighted by molar-refractivity contribution is 5.89. The molecule has 0 unspecified atom stereocenters. The van der Waals surface area contributed by atoms with Crippen LogP contribution in [0.5, 0.6) is 5.75 Å². The molecule has 0 aliphatic carbocycles. The highest BCUT2D eigenvalue weighted by atomic mass is 16.5. The van der Waals surface area contributed by atoms with Crippen LogP contribution in [0.4, 0.5) is 5.69 Å². The van der Waals surface area contributed by atoms with Gasteiger partial charge in [-0.3, -0.25) is 14.4 Å². The summed E-state index contributed by atoms with van der Waals surface area (Å²) < 4.78 is 16.1. The first kappa shape index (κ1) is 28.4. The van der Waals surface area contributed by atoms with E-state index in [-0.39, 0.29) is 37.3 Å². The summed E-state index contributed by atoms with van der Waals surface area (Å²) in [6, 6.07) is 20.7. The zero-order chi connectivity index (χ0) is 27.3. The minimum absolute atomic E-state index is 0.146. The number of ether oxygens (including phenoxy) is 3. The Morgan fingerprint density at radius 3 is 2.34 bits per heavy atom. The second kappa shape index (κ2) is 14.5. The van der Waals surface area contributed by atoms with Crippen LogP contribution in [0.2, 0.25) is 0 Å². The van der Waals surface area contributed by atoms with Gasteiger partial charge in [-0.1, -0.05) is 42.5 Å². The van der Waals surface area contributed by atoms with Gasteiger partial charge in [-0.05, 0) is 53.4 Å². The highest BCUT2D eigenvalue weighted by Gasteiger charge is 2.15. The summed E-state index contributed by atoms with van der Waals surface area (Å²) in [4.78, 5) is 35.9. The van der Waals surface area contributed by atoms with Crippen LogP contribution in [0.3, 0.4) is 0 Å². The van der Waals surface area contributed by atoms with Gasteiger partial charge in [0.25, 0.3) is 0 Å². The van der Waals surface area contributed by atoms with Crippen molar-refractivity contribution >= 4 is 23.5 Å². The first-order valence-corrected chi connectivity index (χ1v) is 12.5. The number of carbonyl (C=O) groups is 3. The molecule has 0 saturated carbocycles. The second-order valence-electron chi connectivity index (χ2n) is 8.64. The molecule has 0 aromatic heterocycles. The molecular weight excluding hydrogens is 484 g/mol. The van der Waals surface area contributed by atoms with Crippen LogP contribution in [0.15, 0.2) is 66.7 Å². The fourth-order valence-electron chi connectivity index (χ4n) is 3.96. The van der Waals surface area contributed by atoms with Crippen molar-refractivity contribution in [1.29, 1.82) is 0 Å². The Morgan fingerprint density at radius 1 is 0.842 bits per heavy atom. The maximum absolute atomic E-state index is 12.2. The van der Waals surface area contributed by atoms with E-state index in [1.807, 2.05) is 66.7 Å². The van der Waals surface area contributed by atoms with Crippen molar-refractivity contribution in [2.45, 2.75) is 39.8 Å². The molecule has 8 heteroatoms. The predicted molar refractivity (Wildman–Crippen MR) is 146 cm³/mol. The summed E-state index contributed by atoms with van der Waals surface area (Å²) in [5.74, 6) is -0.116. The molecule has 0 fully saturated rings. The van der Waals surface area contributed by atoms with Crippen molar-refractivity contribution < 1.29 is 28.6 Å². The predicted octanol–water partition coefficient (Wildman–Crippen LogP) is 4.65. The first-order chi connectivity index (χ1) is 18.4. The molecule has 1 amide bonds. The molecule has 200 valence electrons. The number of anilines is 1. The van der Waals surface area contributed by atoms with Crippen LogP contribution in [-0.4, -0.2) is 38.1 Å². The number of hydrogen-bond donors (Lipinski definition) is 2. The Balaban J connectivity index is 1.74. The van der Waals surface area contributed by atoms with Crippen molar-refractivity contribution in [3.63, 3.8) is 0 Å². The van der Waals surface area contributed by atoms with Crippen LogP contribution < -0.4 is 15.4 Å². The van der Waals surface area contributed by atoms with Gasteiger partial charge in [0.1, 0.15) is 12.4 Å². The van der Waals surface area contributed by atoms with E-state index in [2.05, 4.69) is 10.6 Å². The average Bonchev–Trinajstić information content (AvgIpc) is 2.90. The molecule has 0 atom stereocenters. The number of esters is 2. The number of amides is 1. The van der Waals surface area contributed by atoms with Gasteiger partial charge >= 0.3 is 11.9 Å². The SMILES string of the molecule is CCOC(=O)Cc1ccc(OC)c(-c2ccc(NC(C)=O)cc2CNCCC(=O)OCc2ccccc2)c1. The molecule has 3 aromatic carbocycles. The van der Waals surface area contributed by atoms with E-state index in [1.165, 1.54) is 6.92 Å². The lowest BCUT2D eigenvalue weighted by atomic mass is 9.95. The summed E-state index contributed by atoms with van der Waals surface area (Å²) in [5, 5.41) is 6.11. The summed E-state index contributed by atoms with van der Waals surface area (Å²) in [7, 11) is 1.59. The van der Waals surface area contributed by atoms with E-state index in [4.69, 9.17) is 14.2 Å².